The minimum absolute atomic E-state index is 0.00381. The monoisotopic (exact) mass is 273 g/mol. The molecule has 2 N–H and O–H groups in total. The highest BCUT2D eigenvalue weighted by Crippen LogP contribution is 2.20. The maximum atomic E-state index is 13.6. The van der Waals surface area contributed by atoms with Crippen LogP contribution in [-0.2, 0) is 0 Å². The Morgan fingerprint density at radius 3 is 2.60 bits per heavy atom. The van der Waals surface area contributed by atoms with Gasteiger partial charge in [-0.15, -0.1) is 0 Å². The topological polar surface area (TPSA) is 43.1 Å². The van der Waals surface area contributed by atoms with Gasteiger partial charge in [0.1, 0.15) is 5.82 Å². The van der Waals surface area contributed by atoms with Crippen molar-refractivity contribution in [1.82, 2.24) is 0 Å². The van der Waals surface area contributed by atoms with E-state index in [1.807, 2.05) is 13.8 Å². The van der Waals surface area contributed by atoms with Crippen molar-refractivity contribution in [3.05, 3.63) is 34.1 Å². The number of rotatable bonds is 3. The van der Waals surface area contributed by atoms with Crippen LogP contribution in [0.5, 0.6) is 0 Å². The summed E-state index contributed by atoms with van der Waals surface area (Å²) in [6.07, 6.45) is 0. The van der Waals surface area contributed by atoms with Crippen molar-refractivity contribution in [2.45, 2.75) is 19.9 Å². The first-order chi connectivity index (χ1) is 6.95. The molecule has 0 heterocycles. The summed E-state index contributed by atoms with van der Waals surface area (Å²) in [5.41, 5.74) is 5.73. The summed E-state index contributed by atoms with van der Waals surface area (Å²) < 4.78 is 13.8. The lowest BCUT2D eigenvalue weighted by Gasteiger charge is -2.14. The number of hydrogen-bond donors (Lipinski definition) is 1. The van der Waals surface area contributed by atoms with Gasteiger partial charge >= 0.3 is 0 Å². The number of nitrogens with two attached hydrogens (primary N) is 1. The van der Waals surface area contributed by atoms with Crippen LogP contribution in [0.15, 0.2) is 22.7 Å². The molecule has 1 atom stereocenters. The quantitative estimate of drug-likeness (QED) is 0.861. The van der Waals surface area contributed by atoms with Gasteiger partial charge in [-0.3, -0.25) is 4.79 Å². The second-order valence-corrected chi connectivity index (χ2v) is 4.59. The number of benzene rings is 1. The van der Waals surface area contributed by atoms with E-state index in [0.29, 0.717) is 0 Å². The summed E-state index contributed by atoms with van der Waals surface area (Å²) in [7, 11) is 0. The Kier molecular flexibility index (Phi) is 3.99. The molecule has 0 aliphatic carbocycles. The van der Waals surface area contributed by atoms with Gasteiger partial charge in [-0.05, 0) is 34.0 Å². The first-order valence-corrected chi connectivity index (χ1v) is 5.48. The third-order valence-electron chi connectivity index (χ3n) is 2.24. The van der Waals surface area contributed by atoms with Crippen LogP contribution in [0.2, 0.25) is 0 Å². The lowest BCUT2D eigenvalue weighted by Crippen LogP contribution is -2.36. The van der Waals surface area contributed by atoms with Crippen LogP contribution >= 0.6 is 15.9 Å². The standard InChI is InChI=1S/C11H13BrFNO/c1-6(2)10(14)11(15)7-4-3-5-8(12)9(7)13/h3-6,10H,14H2,1-2H3. The Bertz CT molecular complexity index is 379. The van der Waals surface area contributed by atoms with Crippen molar-refractivity contribution < 1.29 is 9.18 Å². The van der Waals surface area contributed by atoms with Gasteiger partial charge in [-0.1, -0.05) is 19.9 Å². The van der Waals surface area contributed by atoms with Crippen LogP contribution in [0.1, 0.15) is 24.2 Å². The van der Waals surface area contributed by atoms with Crippen LogP contribution in [-0.4, -0.2) is 11.8 Å². The predicted octanol–water partition coefficient (Wildman–Crippen LogP) is 2.75. The fraction of sp³-hybridized carbons (Fsp3) is 0.364. The number of carbonyl (C=O) groups excluding carboxylic acids is 1. The van der Waals surface area contributed by atoms with Crippen molar-refractivity contribution in [1.29, 1.82) is 0 Å². The minimum Gasteiger partial charge on any atom is -0.321 e. The van der Waals surface area contributed by atoms with Crippen LogP contribution < -0.4 is 5.73 Å². The molecule has 2 nitrogen and oxygen atoms in total. The van der Waals surface area contributed by atoms with E-state index in [4.69, 9.17) is 5.73 Å². The van der Waals surface area contributed by atoms with Crippen LogP contribution in [0.4, 0.5) is 4.39 Å². The van der Waals surface area contributed by atoms with Gasteiger partial charge in [0.25, 0.3) is 0 Å². The Labute approximate surface area is 96.8 Å². The second-order valence-electron chi connectivity index (χ2n) is 3.74. The lowest BCUT2D eigenvalue weighted by atomic mass is 9.96. The fourth-order valence-corrected chi connectivity index (χ4v) is 1.54. The molecular formula is C11H13BrFNO. The number of halogens is 2. The molecule has 0 spiro atoms. The van der Waals surface area contributed by atoms with Crippen molar-refractivity contribution in [2.75, 3.05) is 0 Å². The maximum absolute atomic E-state index is 13.6. The normalized spacial score (nSPS) is 12.9. The van der Waals surface area contributed by atoms with Gasteiger partial charge in [-0.25, -0.2) is 4.39 Å². The Hall–Kier alpha value is -0.740. The third kappa shape index (κ3) is 2.63. The molecule has 1 aromatic rings. The molecule has 0 amide bonds. The summed E-state index contributed by atoms with van der Waals surface area (Å²) in [6.45, 7) is 3.66. The number of hydrogen-bond acceptors (Lipinski definition) is 2. The fourth-order valence-electron chi connectivity index (χ4n) is 1.18. The van der Waals surface area contributed by atoms with E-state index < -0.39 is 11.9 Å². The number of carbonyl (C=O) groups is 1. The summed E-state index contributed by atoms with van der Waals surface area (Å²) in [5, 5.41) is 0. The van der Waals surface area contributed by atoms with E-state index in [1.165, 1.54) is 6.07 Å². The molecule has 0 saturated heterocycles. The van der Waals surface area contributed by atoms with Crippen LogP contribution in [0.25, 0.3) is 0 Å². The summed E-state index contributed by atoms with van der Waals surface area (Å²) >= 11 is 3.03. The van der Waals surface area contributed by atoms with Crippen molar-refractivity contribution >= 4 is 21.7 Å². The molecule has 82 valence electrons. The van der Waals surface area contributed by atoms with Gasteiger partial charge in [-0.2, -0.15) is 0 Å². The molecule has 0 aromatic heterocycles. The van der Waals surface area contributed by atoms with E-state index in [1.54, 1.807) is 12.1 Å². The summed E-state index contributed by atoms with van der Waals surface area (Å²) in [5.74, 6) is -0.904. The molecule has 1 rings (SSSR count). The van der Waals surface area contributed by atoms with Gasteiger partial charge in [0.15, 0.2) is 5.78 Å². The van der Waals surface area contributed by atoms with Crippen molar-refractivity contribution in [2.24, 2.45) is 11.7 Å². The highest BCUT2D eigenvalue weighted by atomic mass is 79.9. The smallest absolute Gasteiger partial charge is 0.182 e. The average Bonchev–Trinajstić information content (AvgIpc) is 2.20. The van der Waals surface area contributed by atoms with Crippen molar-refractivity contribution in [3.63, 3.8) is 0 Å². The molecule has 15 heavy (non-hydrogen) atoms. The average molecular weight is 274 g/mol. The van der Waals surface area contributed by atoms with E-state index in [-0.39, 0.29) is 21.7 Å². The highest BCUT2D eigenvalue weighted by Gasteiger charge is 2.22. The Balaban J connectivity index is 3.07. The number of ketones is 1. The molecule has 1 unspecified atom stereocenters. The van der Waals surface area contributed by atoms with Crippen LogP contribution in [0.3, 0.4) is 0 Å². The van der Waals surface area contributed by atoms with Crippen LogP contribution in [0, 0.1) is 11.7 Å². The minimum atomic E-state index is -0.659. The van der Waals surface area contributed by atoms with E-state index in [0.717, 1.165) is 0 Å². The van der Waals surface area contributed by atoms with Gasteiger partial charge in [0.2, 0.25) is 0 Å². The molecule has 0 aliphatic heterocycles. The zero-order valence-electron chi connectivity index (χ0n) is 8.63. The second kappa shape index (κ2) is 4.86. The first kappa shape index (κ1) is 12.3. The first-order valence-electron chi connectivity index (χ1n) is 4.69. The van der Waals surface area contributed by atoms with Gasteiger partial charge in [0, 0.05) is 0 Å². The molecular weight excluding hydrogens is 261 g/mol. The third-order valence-corrected chi connectivity index (χ3v) is 2.85. The molecule has 4 heteroatoms. The zero-order valence-corrected chi connectivity index (χ0v) is 10.2. The lowest BCUT2D eigenvalue weighted by molar-refractivity contribution is 0.0936. The maximum Gasteiger partial charge on any atom is 0.182 e. The van der Waals surface area contributed by atoms with E-state index in [9.17, 15) is 9.18 Å². The molecule has 0 fully saturated rings. The Morgan fingerprint density at radius 2 is 2.07 bits per heavy atom. The molecule has 1 aromatic carbocycles. The SMILES string of the molecule is CC(C)C(N)C(=O)c1cccc(Br)c1F. The zero-order chi connectivity index (χ0) is 11.6. The summed E-state index contributed by atoms with van der Waals surface area (Å²) in [4.78, 5) is 11.8. The Morgan fingerprint density at radius 1 is 1.47 bits per heavy atom. The highest BCUT2D eigenvalue weighted by molar-refractivity contribution is 9.10. The van der Waals surface area contributed by atoms with Gasteiger partial charge < -0.3 is 5.73 Å². The van der Waals surface area contributed by atoms with E-state index in [2.05, 4.69) is 15.9 Å². The van der Waals surface area contributed by atoms with Gasteiger partial charge in [0.05, 0.1) is 16.1 Å². The molecule has 0 aliphatic rings. The summed E-state index contributed by atoms with van der Waals surface area (Å²) in [6, 6.07) is 3.96. The largest absolute Gasteiger partial charge is 0.321 e. The molecule has 0 radical (unpaired) electrons. The van der Waals surface area contributed by atoms with E-state index >= 15 is 0 Å². The molecule has 0 saturated carbocycles. The molecule has 0 bridgehead atoms. The predicted molar refractivity (Wildman–Crippen MR) is 61.2 cm³/mol. The number of Topliss-reactive ketones (excluding diaryl/α,β-unsaturated/α-hetero) is 1. The van der Waals surface area contributed by atoms with Crippen molar-refractivity contribution in [3.8, 4) is 0 Å².